The number of nitrogens with zero attached hydrogens (tertiary/aromatic N) is 3. The zero-order valence-corrected chi connectivity index (χ0v) is 11.4. The molecule has 0 radical (unpaired) electrons. The zero-order chi connectivity index (χ0) is 13.7. The van der Waals surface area contributed by atoms with Crippen LogP contribution in [0.15, 0.2) is 42.6 Å². The van der Waals surface area contributed by atoms with Crippen molar-refractivity contribution in [2.45, 2.75) is 13.1 Å². The van der Waals surface area contributed by atoms with Crippen LogP contribution in [-0.4, -0.2) is 16.9 Å². The summed E-state index contributed by atoms with van der Waals surface area (Å²) in [6, 6.07) is 13.6. The van der Waals surface area contributed by atoms with Gasteiger partial charge in [-0.15, -0.1) is 0 Å². The first kappa shape index (κ1) is 13.5. The van der Waals surface area contributed by atoms with Gasteiger partial charge in [-0.3, -0.25) is 4.90 Å². The van der Waals surface area contributed by atoms with Crippen LogP contribution in [-0.2, 0) is 13.1 Å². The molecule has 1 aromatic heterocycles. The van der Waals surface area contributed by atoms with Gasteiger partial charge in [0.15, 0.2) is 0 Å². The van der Waals surface area contributed by atoms with Crippen LogP contribution in [0.4, 0.5) is 0 Å². The van der Waals surface area contributed by atoms with Gasteiger partial charge in [-0.05, 0) is 42.4 Å². The molecule has 1 heterocycles. The highest BCUT2D eigenvalue weighted by molar-refractivity contribution is 6.29. The average molecular weight is 272 g/mol. The van der Waals surface area contributed by atoms with E-state index in [2.05, 4.69) is 16.0 Å². The molecule has 0 amide bonds. The first-order chi connectivity index (χ1) is 9.17. The summed E-state index contributed by atoms with van der Waals surface area (Å²) in [5.74, 6) is 0. The lowest BCUT2D eigenvalue weighted by Crippen LogP contribution is -2.17. The molecule has 19 heavy (non-hydrogen) atoms. The van der Waals surface area contributed by atoms with Gasteiger partial charge in [0.05, 0.1) is 11.6 Å². The molecule has 96 valence electrons. The van der Waals surface area contributed by atoms with E-state index < -0.39 is 0 Å². The van der Waals surface area contributed by atoms with Crippen molar-refractivity contribution in [2.75, 3.05) is 7.05 Å². The molecule has 0 N–H and O–H groups in total. The lowest BCUT2D eigenvalue weighted by Gasteiger charge is -2.17. The molecule has 0 fully saturated rings. The van der Waals surface area contributed by atoms with E-state index in [0.717, 1.165) is 24.2 Å². The molecule has 0 saturated heterocycles. The molecule has 2 rings (SSSR count). The molecule has 0 aliphatic rings. The molecular weight excluding hydrogens is 258 g/mol. The van der Waals surface area contributed by atoms with Crippen LogP contribution < -0.4 is 0 Å². The Bertz CT molecular complexity index is 604. The summed E-state index contributed by atoms with van der Waals surface area (Å²) >= 11 is 5.86. The van der Waals surface area contributed by atoms with Crippen molar-refractivity contribution >= 4 is 11.6 Å². The molecule has 0 spiro atoms. The van der Waals surface area contributed by atoms with E-state index in [9.17, 15) is 0 Å². The minimum absolute atomic E-state index is 0.511. The van der Waals surface area contributed by atoms with Crippen LogP contribution in [0.5, 0.6) is 0 Å². The molecule has 3 nitrogen and oxygen atoms in total. The van der Waals surface area contributed by atoms with Gasteiger partial charge < -0.3 is 0 Å². The summed E-state index contributed by atoms with van der Waals surface area (Å²) in [6.07, 6.45) is 1.71. The average Bonchev–Trinajstić information content (AvgIpc) is 2.38. The van der Waals surface area contributed by atoms with E-state index in [1.54, 1.807) is 6.20 Å². The molecule has 0 bridgehead atoms. The first-order valence-corrected chi connectivity index (χ1v) is 6.33. The highest BCUT2D eigenvalue weighted by atomic mass is 35.5. The molecule has 0 unspecified atom stereocenters. The van der Waals surface area contributed by atoms with Crippen LogP contribution in [0, 0.1) is 11.3 Å². The highest BCUT2D eigenvalue weighted by Gasteiger charge is 2.03. The second kappa shape index (κ2) is 6.33. The Hall–Kier alpha value is -1.89. The van der Waals surface area contributed by atoms with Gasteiger partial charge in [-0.2, -0.15) is 5.26 Å². The Morgan fingerprint density at radius 3 is 2.63 bits per heavy atom. The summed E-state index contributed by atoms with van der Waals surface area (Å²) < 4.78 is 0. The third-order valence-electron chi connectivity index (χ3n) is 2.75. The normalized spacial score (nSPS) is 10.4. The summed E-state index contributed by atoms with van der Waals surface area (Å²) in [6.45, 7) is 1.58. The van der Waals surface area contributed by atoms with E-state index >= 15 is 0 Å². The standard InChI is InChI=1S/C15H14ClN3/c1-19(11-14-5-6-18-15(16)8-14)10-13-4-2-3-12(7-13)9-17/h2-8H,10-11H2,1H3. The van der Waals surface area contributed by atoms with Crippen LogP contribution in [0.2, 0.25) is 5.15 Å². The van der Waals surface area contributed by atoms with Gasteiger partial charge in [0.1, 0.15) is 5.15 Å². The topological polar surface area (TPSA) is 39.9 Å². The van der Waals surface area contributed by atoms with E-state index in [-0.39, 0.29) is 0 Å². The first-order valence-electron chi connectivity index (χ1n) is 5.95. The van der Waals surface area contributed by atoms with Gasteiger partial charge >= 0.3 is 0 Å². The molecule has 2 aromatic rings. The molecule has 4 heteroatoms. The van der Waals surface area contributed by atoms with Gasteiger partial charge in [-0.25, -0.2) is 4.98 Å². The molecule has 0 atom stereocenters. The van der Waals surface area contributed by atoms with Crippen molar-refractivity contribution in [3.8, 4) is 6.07 Å². The second-order valence-corrected chi connectivity index (χ2v) is 4.86. The predicted molar refractivity (Wildman–Crippen MR) is 75.6 cm³/mol. The number of benzene rings is 1. The fourth-order valence-electron chi connectivity index (χ4n) is 1.96. The largest absolute Gasteiger partial charge is 0.298 e. The fraction of sp³-hybridized carbons (Fsp3) is 0.200. The maximum absolute atomic E-state index is 8.88. The maximum atomic E-state index is 8.88. The summed E-state index contributed by atoms with van der Waals surface area (Å²) in [7, 11) is 2.04. The number of nitriles is 1. The van der Waals surface area contributed by atoms with Crippen molar-refractivity contribution < 1.29 is 0 Å². The lowest BCUT2D eigenvalue weighted by molar-refractivity contribution is 0.319. The number of hydrogen-bond donors (Lipinski definition) is 0. The molecule has 0 aliphatic heterocycles. The minimum atomic E-state index is 0.511. The third-order valence-corrected chi connectivity index (χ3v) is 2.96. The minimum Gasteiger partial charge on any atom is -0.298 e. The van der Waals surface area contributed by atoms with Crippen LogP contribution >= 0.6 is 11.6 Å². The SMILES string of the molecule is CN(Cc1cccc(C#N)c1)Cc1ccnc(Cl)c1. The maximum Gasteiger partial charge on any atom is 0.129 e. The van der Waals surface area contributed by atoms with Gasteiger partial charge in [0, 0.05) is 19.3 Å². The number of halogens is 1. The Balaban J connectivity index is 2.01. The third kappa shape index (κ3) is 4.06. The van der Waals surface area contributed by atoms with Crippen LogP contribution in [0.1, 0.15) is 16.7 Å². The van der Waals surface area contributed by atoms with E-state index in [4.69, 9.17) is 16.9 Å². The fourth-order valence-corrected chi connectivity index (χ4v) is 2.16. The smallest absolute Gasteiger partial charge is 0.129 e. The molecule has 1 aromatic carbocycles. The van der Waals surface area contributed by atoms with Gasteiger partial charge in [0.2, 0.25) is 0 Å². The monoisotopic (exact) mass is 271 g/mol. The van der Waals surface area contributed by atoms with Gasteiger partial charge in [0.25, 0.3) is 0 Å². The molecule has 0 aliphatic carbocycles. The van der Waals surface area contributed by atoms with Crippen molar-refractivity contribution in [3.63, 3.8) is 0 Å². The van der Waals surface area contributed by atoms with Gasteiger partial charge in [-0.1, -0.05) is 23.7 Å². The van der Waals surface area contributed by atoms with Crippen molar-refractivity contribution in [1.82, 2.24) is 9.88 Å². The van der Waals surface area contributed by atoms with Crippen LogP contribution in [0.25, 0.3) is 0 Å². The number of aromatic nitrogens is 1. The summed E-state index contributed by atoms with van der Waals surface area (Å²) in [5.41, 5.74) is 2.94. The lowest BCUT2D eigenvalue weighted by atomic mass is 10.1. The summed E-state index contributed by atoms with van der Waals surface area (Å²) in [5, 5.41) is 9.39. The highest BCUT2D eigenvalue weighted by Crippen LogP contribution is 2.12. The van der Waals surface area contributed by atoms with Crippen LogP contribution in [0.3, 0.4) is 0 Å². The van der Waals surface area contributed by atoms with Crippen molar-refractivity contribution in [1.29, 1.82) is 5.26 Å². The Kier molecular flexibility index (Phi) is 4.51. The quantitative estimate of drug-likeness (QED) is 0.802. The second-order valence-electron chi connectivity index (χ2n) is 4.47. The number of pyridine rings is 1. The zero-order valence-electron chi connectivity index (χ0n) is 10.7. The van der Waals surface area contributed by atoms with E-state index in [1.807, 2.05) is 43.4 Å². The Morgan fingerprint density at radius 2 is 1.95 bits per heavy atom. The molecule has 0 saturated carbocycles. The van der Waals surface area contributed by atoms with Crippen molar-refractivity contribution in [2.24, 2.45) is 0 Å². The number of rotatable bonds is 4. The summed E-state index contributed by atoms with van der Waals surface area (Å²) in [4.78, 5) is 6.13. The van der Waals surface area contributed by atoms with E-state index in [1.165, 1.54) is 0 Å². The van der Waals surface area contributed by atoms with E-state index in [0.29, 0.717) is 10.7 Å². The Labute approximate surface area is 118 Å². The Morgan fingerprint density at radius 1 is 1.21 bits per heavy atom. The molecular formula is C15H14ClN3. The van der Waals surface area contributed by atoms with Crippen molar-refractivity contribution in [3.05, 3.63) is 64.4 Å². The number of hydrogen-bond acceptors (Lipinski definition) is 3. The predicted octanol–water partition coefficient (Wildman–Crippen LogP) is 3.24.